The summed E-state index contributed by atoms with van der Waals surface area (Å²) in [5, 5.41) is 0. The molecular weight excluding hydrogens is 338 g/mol. The summed E-state index contributed by atoms with van der Waals surface area (Å²) in [6, 6.07) is 19.3. The summed E-state index contributed by atoms with van der Waals surface area (Å²) >= 11 is 0. The van der Waals surface area contributed by atoms with Crippen molar-refractivity contribution in [2.45, 2.75) is 32.5 Å². The van der Waals surface area contributed by atoms with E-state index in [0.717, 1.165) is 16.8 Å². The van der Waals surface area contributed by atoms with Gasteiger partial charge in [-0.15, -0.1) is 0 Å². The molecular formula is C22H21N3O2. The monoisotopic (exact) mass is 359 g/mol. The number of para-hydroxylation sites is 1. The zero-order chi connectivity index (χ0) is 18.6. The number of amides is 1. The first-order chi connectivity index (χ1) is 13.2. The average Bonchev–Trinajstić information content (AvgIpc) is 3.16. The normalized spacial score (nSPS) is 13.9. The summed E-state index contributed by atoms with van der Waals surface area (Å²) in [5.74, 6) is 1.39. The van der Waals surface area contributed by atoms with E-state index in [-0.39, 0.29) is 5.91 Å². The molecule has 1 aliphatic heterocycles. The van der Waals surface area contributed by atoms with Crippen LogP contribution in [0.25, 0.3) is 11.4 Å². The lowest BCUT2D eigenvalue weighted by atomic mass is 10.2. The van der Waals surface area contributed by atoms with Crippen LogP contribution in [0.4, 0.5) is 0 Å². The maximum atomic E-state index is 13.0. The molecule has 4 rings (SSSR count). The Morgan fingerprint density at radius 3 is 2.48 bits per heavy atom. The summed E-state index contributed by atoms with van der Waals surface area (Å²) in [5.41, 5.74) is 2.88. The van der Waals surface area contributed by atoms with E-state index in [2.05, 4.69) is 9.97 Å². The molecule has 3 aromatic rings. The SMILES string of the molecule is CC[C@H](Oc1ccccc1)C(=O)N1Cc2cnc(-c3ccccc3)nc2C1. The number of hydrogen-bond acceptors (Lipinski definition) is 4. The third kappa shape index (κ3) is 3.67. The van der Waals surface area contributed by atoms with E-state index < -0.39 is 6.10 Å². The Morgan fingerprint density at radius 2 is 1.78 bits per heavy atom. The van der Waals surface area contributed by atoms with Crippen LogP contribution in [-0.2, 0) is 17.9 Å². The Balaban J connectivity index is 1.49. The molecule has 0 aliphatic carbocycles. The number of fused-ring (bicyclic) bond motifs is 1. The van der Waals surface area contributed by atoms with Gasteiger partial charge in [-0.3, -0.25) is 4.79 Å². The second-order valence-corrected chi connectivity index (χ2v) is 6.55. The van der Waals surface area contributed by atoms with E-state index in [9.17, 15) is 4.79 Å². The highest BCUT2D eigenvalue weighted by Crippen LogP contribution is 2.25. The number of carbonyl (C=O) groups is 1. The summed E-state index contributed by atoms with van der Waals surface area (Å²) < 4.78 is 5.90. The number of aromatic nitrogens is 2. The lowest BCUT2D eigenvalue weighted by Crippen LogP contribution is -2.38. The van der Waals surface area contributed by atoms with E-state index in [1.807, 2.05) is 73.8 Å². The van der Waals surface area contributed by atoms with Crippen molar-refractivity contribution in [3.8, 4) is 17.1 Å². The lowest BCUT2D eigenvalue weighted by molar-refractivity contribution is -0.139. The Kier molecular flexibility index (Phi) is 4.83. The van der Waals surface area contributed by atoms with Gasteiger partial charge < -0.3 is 9.64 Å². The van der Waals surface area contributed by atoms with Crippen LogP contribution in [0, 0.1) is 0 Å². The van der Waals surface area contributed by atoms with Crippen molar-refractivity contribution >= 4 is 5.91 Å². The molecule has 136 valence electrons. The van der Waals surface area contributed by atoms with E-state index in [1.165, 1.54) is 0 Å². The molecule has 1 aromatic heterocycles. The highest BCUT2D eigenvalue weighted by atomic mass is 16.5. The van der Waals surface area contributed by atoms with Crippen LogP contribution in [0.3, 0.4) is 0 Å². The molecule has 0 saturated heterocycles. The number of benzene rings is 2. The number of rotatable bonds is 5. The highest BCUT2D eigenvalue weighted by Gasteiger charge is 2.30. The summed E-state index contributed by atoms with van der Waals surface area (Å²) in [4.78, 5) is 23.9. The average molecular weight is 359 g/mol. The Labute approximate surface area is 158 Å². The first-order valence-corrected chi connectivity index (χ1v) is 9.15. The van der Waals surface area contributed by atoms with Crippen LogP contribution in [0.5, 0.6) is 5.75 Å². The quantitative estimate of drug-likeness (QED) is 0.694. The van der Waals surface area contributed by atoms with Crippen molar-refractivity contribution in [3.05, 3.63) is 78.1 Å². The van der Waals surface area contributed by atoms with Crippen molar-refractivity contribution in [2.75, 3.05) is 0 Å². The van der Waals surface area contributed by atoms with Gasteiger partial charge in [0.2, 0.25) is 0 Å². The number of ether oxygens (including phenoxy) is 1. The molecule has 1 aliphatic rings. The van der Waals surface area contributed by atoms with Crippen LogP contribution in [0.2, 0.25) is 0 Å². The largest absolute Gasteiger partial charge is 0.481 e. The fourth-order valence-corrected chi connectivity index (χ4v) is 3.21. The van der Waals surface area contributed by atoms with Crippen LogP contribution in [-0.4, -0.2) is 26.9 Å². The van der Waals surface area contributed by atoms with Crippen LogP contribution >= 0.6 is 0 Å². The van der Waals surface area contributed by atoms with Gasteiger partial charge in [-0.2, -0.15) is 0 Å². The summed E-state index contributed by atoms with van der Waals surface area (Å²) in [7, 11) is 0. The zero-order valence-electron chi connectivity index (χ0n) is 15.2. The molecule has 1 amide bonds. The third-order valence-electron chi connectivity index (χ3n) is 4.67. The van der Waals surface area contributed by atoms with Gasteiger partial charge in [0.25, 0.3) is 5.91 Å². The molecule has 2 aromatic carbocycles. The van der Waals surface area contributed by atoms with Crippen LogP contribution in [0.1, 0.15) is 24.6 Å². The van der Waals surface area contributed by atoms with E-state index in [1.54, 1.807) is 4.90 Å². The smallest absolute Gasteiger partial charge is 0.264 e. The second kappa shape index (κ2) is 7.58. The first-order valence-electron chi connectivity index (χ1n) is 9.15. The van der Waals surface area contributed by atoms with Gasteiger partial charge in [-0.25, -0.2) is 9.97 Å². The van der Waals surface area contributed by atoms with Gasteiger partial charge in [0.15, 0.2) is 11.9 Å². The fourth-order valence-electron chi connectivity index (χ4n) is 3.21. The van der Waals surface area contributed by atoms with Crippen molar-refractivity contribution in [2.24, 2.45) is 0 Å². The molecule has 0 fully saturated rings. The zero-order valence-corrected chi connectivity index (χ0v) is 15.2. The highest BCUT2D eigenvalue weighted by molar-refractivity contribution is 5.81. The molecule has 5 heteroatoms. The number of carbonyl (C=O) groups excluding carboxylic acids is 1. The molecule has 0 spiro atoms. The van der Waals surface area contributed by atoms with Crippen LogP contribution < -0.4 is 4.74 Å². The predicted octanol–water partition coefficient (Wildman–Crippen LogP) is 3.84. The van der Waals surface area contributed by atoms with Gasteiger partial charge in [-0.1, -0.05) is 55.5 Å². The number of hydrogen-bond donors (Lipinski definition) is 0. The Hall–Kier alpha value is -3.21. The van der Waals surface area contributed by atoms with Gasteiger partial charge in [0.05, 0.1) is 12.2 Å². The predicted molar refractivity (Wildman–Crippen MR) is 103 cm³/mol. The van der Waals surface area contributed by atoms with E-state index >= 15 is 0 Å². The van der Waals surface area contributed by atoms with E-state index in [4.69, 9.17) is 4.74 Å². The van der Waals surface area contributed by atoms with E-state index in [0.29, 0.717) is 31.1 Å². The minimum absolute atomic E-state index is 0.0133. The molecule has 0 N–H and O–H groups in total. The van der Waals surface area contributed by atoms with Crippen molar-refractivity contribution in [3.63, 3.8) is 0 Å². The molecule has 1 atom stereocenters. The molecule has 0 radical (unpaired) electrons. The lowest BCUT2D eigenvalue weighted by Gasteiger charge is -2.23. The third-order valence-corrected chi connectivity index (χ3v) is 4.67. The number of nitrogens with zero attached hydrogens (tertiary/aromatic N) is 3. The van der Waals surface area contributed by atoms with Gasteiger partial charge in [-0.05, 0) is 18.6 Å². The minimum atomic E-state index is -0.497. The van der Waals surface area contributed by atoms with Gasteiger partial charge in [0, 0.05) is 23.9 Å². The topological polar surface area (TPSA) is 55.3 Å². The fraction of sp³-hybridized carbons (Fsp3) is 0.227. The Bertz CT molecular complexity index is 929. The molecule has 0 saturated carbocycles. The van der Waals surface area contributed by atoms with Gasteiger partial charge in [0.1, 0.15) is 5.75 Å². The van der Waals surface area contributed by atoms with Gasteiger partial charge >= 0.3 is 0 Å². The Morgan fingerprint density at radius 1 is 1.07 bits per heavy atom. The van der Waals surface area contributed by atoms with Crippen molar-refractivity contribution in [1.82, 2.24) is 14.9 Å². The standard InChI is InChI=1S/C22H21N3O2/c1-2-20(27-18-11-7-4-8-12-18)22(26)25-14-17-13-23-21(24-19(17)15-25)16-9-5-3-6-10-16/h3-13,20H,2,14-15H2,1H3/t20-/m0/s1. The van der Waals surface area contributed by atoms with Crippen molar-refractivity contribution < 1.29 is 9.53 Å². The molecule has 2 heterocycles. The summed E-state index contributed by atoms with van der Waals surface area (Å²) in [6.45, 7) is 2.98. The molecule has 27 heavy (non-hydrogen) atoms. The molecule has 5 nitrogen and oxygen atoms in total. The maximum Gasteiger partial charge on any atom is 0.264 e. The second-order valence-electron chi connectivity index (χ2n) is 6.55. The van der Waals surface area contributed by atoms with Crippen molar-refractivity contribution in [1.29, 1.82) is 0 Å². The first kappa shape index (κ1) is 17.2. The molecule has 0 bridgehead atoms. The summed E-state index contributed by atoms with van der Waals surface area (Å²) in [6.07, 6.45) is 1.95. The maximum absolute atomic E-state index is 13.0. The molecule has 0 unspecified atom stereocenters. The minimum Gasteiger partial charge on any atom is -0.481 e. The van der Waals surface area contributed by atoms with Crippen LogP contribution in [0.15, 0.2) is 66.9 Å².